The molecule has 1 aromatic rings. The molecule has 94 valence electrons. The van der Waals surface area contributed by atoms with Crippen molar-refractivity contribution in [2.24, 2.45) is 5.73 Å². The summed E-state index contributed by atoms with van der Waals surface area (Å²) in [6.07, 6.45) is 1.41. The van der Waals surface area contributed by atoms with Gasteiger partial charge in [0.1, 0.15) is 9.39 Å². The van der Waals surface area contributed by atoms with E-state index in [0.29, 0.717) is 22.5 Å². The van der Waals surface area contributed by atoms with Crippen molar-refractivity contribution in [3.8, 4) is 0 Å². The predicted molar refractivity (Wildman–Crippen MR) is 73.2 cm³/mol. The number of halogens is 1. The SMILES string of the molecule is CC(N)C1CN(c2nc[nH]c(=O)c2I)CCO1. The Morgan fingerprint density at radius 1 is 1.76 bits per heavy atom. The highest BCUT2D eigenvalue weighted by Gasteiger charge is 2.25. The second-order valence-corrected chi connectivity index (χ2v) is 5.16. The van der Waals surface area contributed by atoms with Crippen molar-refractivity contribution >= 4 is 28.4 Å². The van der Waals surface area contributed by atoms with Crippen LogP contribution in [0.25, 0.3) is 0 Å². The minimum absolute atomic E-state index is 0.0133. The number of rotatable bonds is 2. The molecule has 6 nitrogen and oxygen atoms in total. The Labute approximate surface area is 113 Å². The third-order valence-electron chi connectivity index (χ3n) is 2.76. The largest absolute Gasteiger partial charge is 0.373 e. The highest BCUT2D eigenvalue weighted by molar-refractivity contribution is 14.1. The molecule has 0 saturated carbocycles. The maximum Gasteiger partial charge on any atom is 0.266 e. The van der Waals surface area contributed by atoms with Crippen LogP contribution in [0.5, 0.6) is 0 Å². The normalized spacial score (nSPS) is 22.5. The van der Waals surface area contributed by atoms with Crippen LogP contribution in [0.2, 0.25) is 0 Å². The van der Waals surface area contributed by atoms with Crippen LogP contribution in [0.1, 0.15) is 6.92 Å². The average Bonchev–Trinajstić information content (AvgIpc) is 2.33. The number of hydrogen-bond acceptors (Lipinski definition) is 5. The Morgan fingerprint density at radius 2 is 2.53 bits per heavy atom. The first kappa shape index (κ1) is 12.8. The van der Waals surface area contributed by atoms with E-state index in [9.17, 15) is 4.79 Å². The molecule has 0 radical (unpaired) electrons. The van der Waals surface area contributed by atoms with Crippen LogP contribution in [0.3, 0.4) is 0 Å². The van der Waals surface area contributed by atoms with Gasteiger partial charge in [0.2, 0.25) is 0 Å². The lowest BCUT2D eigenvalue weighted by Gasteiger charge is -2.35. The molecule has 0 spiro atoms. The molecule has 2 rings (SSSR count). The fourth-order valence-corrected chi connectivity index (χ4v) is 2.42. The van der Waals surface area contributed by atoms with Crippen molar-refractivity contribution in [2.75, 3.05) is 24.6 Å². The number of ether oxygens (including phenoxy) is 1. The van der Waals surface area contributed by atoms with E-state index < -0.39 is 0 Å². The monoisotopic (exact) mass is 350 g/mol. The van der Waals surface area contributed by atoms with Crippen molar-refractivity contribution in [2.45, 2.75) is 19.1 Å². The van der Waals surface area contributed by atoms with Crippen LogP contribution in [0.4, 0.5) is 5.82 Å². The number of nitrogens with zero attached hydrogens (tertiary/aromatic N) is 2. The van der Waals surface area contributed by atoms with Gasteiger partial charge in [-0.15, -0.1) is 0 Å². The second kappa shape index (κ2) is 5.32. The van der Waals surface area contributed by atoms with E-state index >= 15 is 0 Å². The van der Waals surface area contributed by atoms with Crippen molar-refractivity contribution < 1.29 is 4.74 Å². The molecule has 0 bridgehead atoms. The zero-order chi connectivity index (χ0) is 12.4. The molecular formula is C10H15IN4O2. The Morgan fingerprint density at radius 3 is 3.24 bits per heavy atom. The molecule has 7 heteroatoms. The van der Waals surface area contributed by atoms with E-state index in [0.717, 1.165) is 6.54 Å². The lowest BCUT2D eigenvalue weighted by atomic mass is 10.1. The smallest absolute Gasteiger partial charge is 0.266 e. The van der Waals surface area contributed by atoms with Gasteiger partial charge < -0.3 is 20.4 Å². The van der Waals surface area contributed by atoms with Gasteiger partial charge in [-0.3, -0.25) is 4.79 Å². The van der Waals surface area contributed by atoms with Gasteiger partial charge in [-0.25, -0.2) is 4.98 Å². The molecule has 2 atom stereocenters. The summed E-state index contributed by atoms with van der Waals surface area (Å²) in [5.41, 5.74) is 5.72. The number of aromatic nitrogens is 2. The van der Waals surface area contributed by atoms with Crippen LogP contribution in [-0.2, 0) is 4.74 Å². The Hall–Kier alpha value is -0.670. The summed E-state index contributed by atoms with van der Waals surface area (Å²) in [6, 6.07) is -0.0301. The number of aromatic amines is 1. The first-order valence-corrected chi connectivity index (χ1v) is 6.53. The summed E-state index contributed by atoms with van der Waals surface area (Å²) in [7, 11) is 0. The molecule has 2 heterocycles. The average molecular weight is 350 g/mol. The highest BCUT2D eigenvalue weighted by atomic mass is 127. The zero-order valence-electron chi connectivity index (χ0n) is 9.52. The third-order valence-corrected chi connectivity index (χ3v) is 3.73. The summed E-state index contributed by atoms with van der Waals surface area (Å²) in [5.74, 6) is 0.711. The first-order valence-electron chi connectivity index (χ1n) is 5.45. The first-order chi connectivity index (χ1) is 8.09. The predicted octanol–water partition coefficient (Wildman–Crippen LogP) is -0.0731. The molecular weight excluding hydrogens is 335 g/mol. The van der Waals surface area contributed by atoms with E-state index in [1.165, 1.54) is 6.33 Å². The van der Waals surface area contributed by atoms with Crippen molar-refractivity contribution in [3.05, 3.63) is 20.3 Å². The number of morpholine rings is 1. The van der Waals surface area contributed by atoms with Gasteiger partial charge in [0.05, 0.1) is 19.0 Å². The molecule has 0 aliphatic carbocycles. The molecule has 3 N–H and O–H groups in total. The van der Waals surface area contributed by atoms with E-state index in [1.54, 1.807) is 0 Å². The van der Waals surface area contributed by atoms with Gasteiger partial charge in [-0.1, -0.05) is 0 Å². The second-order valence-electron chi connectivity index (χ2n) is 4.08. The van der Waals surface area contributed by atoms with Gasteiger partial charge >= 0.3 is 0 Å². The minimum atomic E-state index is -0.112. The Kier molecular flexibility index (Phi) is 4.00. The lowest BCUT2D eigenvalue weighted by Crippen LogP contribution is -2.50. The number of anilines is 1. The lowest BCUT2D eigenvalue weighted by molar-refractivity contribution is 0.0273. The van der Waals surface area contributed by atoms with E-state index in [-0.39, 0.29) is 17.7 Å². The van der Waals surface area contributed by atoms with Gasteiger partial charge in [0.15, 0.2) is 0 Å². The number of nitrogens with two attached hydrogens (primary N) is 1. The molecule has 1 fully saturated rings. The van der Waals surface area contributed by atoms with Gasteiger partial charge in [0.25, 0.3) is 5.56 Å². The quantitative estimate of drug-likeness (QED) is 0.730. The zero-order valence-corrected chi connectivity index (χ0v) is 11.7. The standard InChI is InChI=1S/C10H15IN4O2/c1-6(12)7-4-15(2-3-17-7)9-8(11)10(16)14-5-13-9/h5-7H,2-4,12H2,1H3,(H,13,14,16). The Bertz CT molecular complexity index is 448. The van der Waals surface area contributed by atoms with Crippen molar-refractivity contribution in [3.63, 3.8) is 0 Å². The highest BCUT2D eigenvalue weighted by Crippen LogP contribution is 2.19. The summed E-state index contributed by atoms with van der Waals surface area (Å²) < 4.78 is 6.19. The molecule has 1 saturated heterocycles. The topological polar surface area (TPSA) is 84.2 Å². The minimum Gasteiger partial charge on any atom is -0.373 e. The van der Waals surface area contributed by atoms with Gasteiger partial charge in [-0.05, 0) is 29.5 Å². The summed E-state index contributed by atoms with van der Waals surface area (Å²) >= 11 is 2.01. The van der Waals surface area contributed by atoms with E-state index in [2.05, 4.69) is 14.9 Å². The maximum atomic E-state index is 11.5. The van der Waals surface area contributed by atoms with Crippen LogP contribution >= 0.6 is 22.6 Å². The molecule has 1 aromatic heterocycles. The third kappa shape index (κ3) is 2.78. The van der Waals surface area contributed by atoms with Crippen LogP contribution < -0.4 is 16.2 Å². The fourth-order valence-electron chi connectivity index (χ4n) is 1.78. The Balaban J connectivity index is 2.22. The molecule has 17 heavy (non-hydrogen) atoms. The van der Waals surface area contributed by atoms with E-state index in [1.807, 2.05) is 29.5 Å². The molecule has 0 amide bonds. The fraction of sp³-hybridized carbons (Fsp3) is 0.600. The molecule has 0 aromatic carbocycles. The van der Waals surface area contributed by atoms with Crippen molar-refractivity contribution in [1.82, 2.24) is 9.97 Å². The maximum absolute atomic E-state index is 11.5. The van der Waals surface area contributed by atoms with Crippen LogP contribution in [0, 0.1) is 3.57 Å². The van der Waals surface area contributed by atoms with Crippen LogP contribution in [0.15, 0.2) is 11.1 Å². The summed E-state index contributed by atoms with van der Waals surface area (Å²) in [4.78, 5) is 20.3. The number of nitrogens with one attached hydrogen (secondary N) is 1. The molecule has 1 aliphatic heterocycles. The molecule has 2 unspecified atom stereocenters. The number of hydrogen-bond donors (Lipinski definition) is 2. The summed E-state index contributed by atoms with van der Waals surface area (Å²) in [5, 5.41) is 0. The number of H-pyrrole nitrogens is 1. The van der Waals surface area contributed by atoms with E-state index in [4.69, 9.17) is 10.5 Å². The van der Waals surface area contributed by atoms with Crippen LogP contribution in [-0.4, -0.2) is 41.8 Å². The van der Waals surface area contributed by atoms with Gasteiger partial charge in [0, 0.05) is 19.1 Å². The summed E-state index contributed by atoms with van der Waals surface area (Å²) in [6.45, 7) is 3.93. The van der Waals surface area contributed by atoms with Gasteiger partial charge in [-0.2, -0.15) is 0 Å². The molecule has 1 aliphatic rings. The van der Waals surface area contributed by atoms with Crippen molar-refractivity contribution in [1.29, 1.82) is 0 Å².